The fraction of sp³-hybridized carbons (Fsp3) is 0.133. The number of nitrogens with one attached hydrogen (secondary N) is 1. The lowest BCUT2D eigenvalue weighted by molar-refractivity contribution is 0.401. The van der Waals surface area contributed by atoms with Gasteiger partial charge in [0, 0.05) is 11.1 Å². The first-order valence-corrected chi connectivity index (χ1v) is 5.62. The normalized spacial score (nSPS) is 9.89. The number of para-hydroxylation sites is 1. The van der Waals surface area contributed by atoms with Gasteiger partial charge in [0.25, 0.3) is 0 Å². The van der Waals surface area contributed by atoms with E-state index >= 15 is 0 Å². The number of benzene rings is 2. The molecule has 2 aromatic carbocycles. The Bertz CT molecular complexity index is 564. The van der Waals surface area contributed by atoms with Gasteiger partial charge in [0.2, 0.25) is 5.90 Å². The molecule has 0 amide bonds. The topological polar surface area (TPSA) is 42.3 Å². The molecule has 0 heterocycles. The van der Waals surface area contributed by atoms with Crippen LogP contribution in [0.3, 0.4) is 0 Å². The summed E-state index contributed by atoms with van der Waals surface area (Å²) >= 11 is 0. The molecule has 0 aliphatic carbocycles. The lowest BCUT2D eigenvalue weighted by Crippen LogP contribution is -2.01. The number of hydrogen-bond donors (Lipinski definition) is 1. The van der Waals surface area contributed by atoms with Crippen molar-refractivity contribution in [3.8, 4) is 16.9 Å². The van der Waals surface area contributed by atoms with E-state index in [0.717, 1.165) is 22.4 Å². The Labute approximate surface area is 106 Å². The van der Waals surface area contributed by atoms with Crippen LogP contribution in [0.1, 0.15) is 5.56 Å². The number of rotatable bonds is 3. The Morgan fingerprint density at radius 1 is 1.00 bits per heavy atom. The van der Waals surface area contributed by atoms with Crippen molar-refractivity contribution in [1.29, 1.82) is 5.41 Å². The lowest BCUT2D eigenvalue weighted by atomic mass is 10.0. The summed E-state index contributed by atoms with van der Waals surface area (Å²) < 4.78 is 10.3. The monoisotopic (exact) mass is 241 g/mol. The summed E-state index contributed by atoms with van der Waals surface area (Å²) in [7, 11) is 3.15. The molecule has 0 radical (unpaired) electrons. The molecule has 3 heteroatoms. The van der Waals surface area contributed by atoms with Crippen LogP contribution in [0.2, 0.25) is 0 Å². The second kappa shape index (κ2) is 5.36. The van der Waals surface area contributed by atoms with E-state index in [-0.39, 0.29) is 5.90 Å². The molecule has 2 aromatic rings. The SMILES string of the molecule is COC(=N)c1cccc(-c2ccccc2OC)c1. The van der Waals surface area contributed by atoms with Crippen LogP contribution < -0.4 is 4.74 Å². The largest absolute Gasteiger partial charge is 0.496 e. The van der Waals surface area contributed by atoms with Crippen LogP contribution in [0.5, 0.6) is 5.75 Å². The first-order valence-electron chi connectivity index (χ1n) is 5.62. The van der Waals surface area contributed by atoms with Gasteiger partial charge in [-0.2, -0.15) is 0 Å². The smallest absolute Gasteiger partial charge is 0.212 e. The van der Waals surface area contributed by atoms with Crippen LogP contribution in [-0.2, 0) is 4.74 Å². The van der Waals surface area contributed by atoms with E-state index in [1.165, 1.54) is 7.11 Å². The summed E-state index contributed by atoms with van der Waals surface area (Å²) in [6.07, 6.45) is 0. The summed E-state index contributed by atoms with van der Waals surface area (Å²) in [5.74, 6) is 0.977. The van der Waals surface area contributed by atoms with Crippen LogP contribution in [0.25, 0.3) is 11.1 Å². The van der Waals surface area contributed by atoms with Crippen molar-refractivity contribution in [2.75, 3.05) is 14.2 Å². The van der Waals surface area contributed by atoms with E-state index in [1.54, 1.807) is 7.11 Å². The molecule has 92 valence electrons. The molecule has 0 atom stereocenters. The summed E-state index contributed by atoms with van der Waals surface area (Å²) in [4.78, 5) is 0. The zero-order chi connectivity index (χ0) is 13.0. The maximum atomic E-state index is 7.68. The van der Waals surface area contributed by atoms with Crippen molar-refractivity contribution in [2.24, 2.45) is 0 Å². The summed E-state index contributed by atoms with van der Waals surface area (Å²) in [6.45, 7) is 0. The van der Waals surface area contributed by atoms with Gasteiger partial charge in [0.05, 0.1) is 14.2 Å². The van der Waals surface area contributed by atoms with E-state index in [0.29, 0.717) is 0 Å². The van der Waals surface area contributed by atoms with Gasteiger partial charge in [-0.25, -0.2) is 0 Å². The Morgan fingerprint density at radius 2 is 1.78 bits per heavy atom. The van der Waals surface area contributed by atoms with Gasteiger partial charge in [-0.15, -0.1) is 0 Å². The maximum absolute atomic E-state index is 7.68. The van der Waals surface area contributed by atoms with Crippen molar-refractivity contribution in [3.05, 3.63) is 54.1 Å². The average molecular weight is 241 g/mol. The van der Waals surface area contributed by atoms with Crippen molar-refractivity contribution >= 4 is 5.90 Å². The van der Waals surface area contributed by atoms with E-state index < -0.39 is 0 Å². The van der Waals surface area contributed by atoms with Crippen LogP contribution in [-0.4, -0.2) is 20.1 Å². The standard InChI is InChI=1S/C15H15NO2/c1-17-14-9-4-3-8-13(14)11-6-5-7-12(10-11)15(16)18-2/h3-10,16H,1-2H3. The molecule has 0 aliphatic rings. The van der Waals surface area contributed by atoms with Gasteiger partial charge >= 0.3 is 0 Å². The van der Waals surface area contributed by atoms with Crippen LogP contribution in [0.15, 0.2) is 48.5 Å². The molecule has 0 aliphatic heterocycles. The molecule has 0 spiro atoms. The number of ether oxygens (including phenoxy) is 2. The molecular formula is C15H15NO2. The molecule has 0 aromatic heterocycles. The van der Waals surface area contributed by atoms with Crippen LogP contribution in [0.4, 0.5) is 0 Å². The van der Waals surface area contributed by atoms with Crippen molar-refractivity contribution in [3.63, 3.8) is 0 Å². The predicted octanol–water partition coefficient (Wildman–Crippen LogP) is 3.33. The molecule has 0 saturated heterocycles. The minimum atomic E-state index is 0.159. The number of hydrogen-bond acceptors (Lipinski definition) is 3. The Hall–Kier alpha value is -2.29. The minimum absolute atomic E-state index is 0.159. The van der Waals surface area contributed by atoms with Gasteiger partial charge in [-0.1, -0.05) is 30.3 Å². The first-order chi connectivity index (χ1) is 8.76. The fourth-order valence-corrected chi connectivity index (χ4v) is 1.83. The lowest BCUT2D eigenvalue weighted by Gasteiger charge is -2.09. The second-order valence-corrected chi connectivity index (χ2v) is 3.81. The third-order valence-electron chi connectivity index (χ3n) is 2.75. The van der Waals surface area contributed by atoms with Crippen LogP contribution >= 0.6 is 0 Å². The molecule has 2 rings (SSSR count). The van der Waals surface area contributed by atoms with Gasteiger partial charge < -0.3 is 9.47 Å². The van der Waals surface area contributed by atoms with Gasteiger partial charge in [-0.05, 0) is 23.8 Å². The highest BCUT2D eigenvalue weighted by atomic mass is 16.5. The molecule has 18 heavy (non-hydrogen) atoms. The highest BCUT2D eigenvalue weighted by Crippen LogP contribution is 2.29. The third kappa shape index (κ3) is 2.35. The third-order valence-corrected chi connectivity index (χ3v) is 2.75. The van der Waals surface area contributed by atoms with Crippen molar-refractivity contribution in [2.45, 2.75) is 0 Å². The quantitative estimate of drug-likeness (QED) is 0.661. The fourth-order valence-electron chi connectivity index (χ4n) is 1.83. The summed E-state index contributed by atoms with van der Waals surface area (Å²) in [6, 6.07) is 15.5. The van der Waals surface area contributed by atoms with Crippen molar-refractivity contribution in [1.82, 2.24) is 0 Å². The Kier molecular flexibility index (Phi) is 3.63. The zero-order valence-corrected chi connectivity index (χ0v) is 10.4. The highest BCUT2D eigenvalue weighted by Gasteiger charge is 2.07. The molecule has 0 unspecified atom stereocenters. The molecule has 3 nitrogen and oxygen atoms in total. The molecule has 0 bridgehead atoms. The van der Waals surface area contributed by atoms with Gasteiger partial charge in [0.15, 0.2) is 0 Å². The highest BCUT2D eigenvalue weighted by molar-refractivity contribution is 5.93. The van der Waals surface area contributed by atoms with Crippen LogP contribution in [0, 0.1) is 5.41 Å². The summed E-state index contributed by atoms with van der Waals surface area (Å²) in [5, 5.41) is 7.68. The van der Waals surface area contributed by atoms with Gasteiger partial charge in [0.1, 0.15) is 5.75 Å². The second-order valence-electron chi connectivity index (χ2n) is 3.81. The number of methoxy groups -OCH3 is 2. The van der Waals surface area contributed by atoms with E-state index in [9.17, 15) is 0 Å². The maximum Gasteiger partial charge on any atom is 0.212 e. The minimum Gasteiger partial charge on any atom is -0.496 e. The predicted molar refractivity (Wildman–Crippen MR) is 72.3 cm³/mol. The average Bonchev–Trinajstić information content (AvgIpc) is 2.46. The van der Waals surface area contributed by atoms with E-state index in [1.807, 2.05) is 48.5 Å². The molecule has 0 fully saturated rings. The first kappa shape index (κ1) is 12.2. The molecule has 0 saturated carbocycles. The summed E-state index contributed by atoms with van der Waals surface area (Å²) in [5.41, 5.74) is 2.76. The zero-order valence-electron chi connectivity index (χ0n) is 10.4. The molecular weight excluding hydrogens is 226 g/mol. The van der Waals surface area contributed by atoms with E-state index in [2.05, 4.69) is 0 Å². The van der Waals surface area contributed by atoms with Gasteiger partial charge in [-0.3, -0.25) is 5.41 Å². The molecule has 1 N–H and O–H groups in total. The van der Waals surface area contributed by atoms with Crippen molar-refractivity contribution < 1.29 is 9.47 Å². The Balaban J connectivity index is 2.48. The van der Waals surface area contributed by atoms with E-state index in [4.69, 9.17) is 14.9 Å². The Morgan fingerprint density at radius 3 is 2.50 bits per heavy atom.